The van der Waals surface area contributed by atoms with Gasteiger partial charge in [-0.05, 0) is 64.2 Å². The number of allylic oxidation sites excluding steroid dienone is 4. The highest BCUT2D eigenvalue weighted by Gasteiger charge is 2.20. The van der Waals surface area contributed by atoms with Crippen molar-refractivity contribution in [3.05, 3.63) is 24.3 Å². The first-order valence-corrected chi connectivity index (χ1v) is 31.1. The molecule has 2 unspecified atom stereocenters. The van der Waals surface area contributed by atoms with Gasteiger partial charge in [0.25, 0.3) is 0 Å². The summed E-state index contributed by atoms with van der Waals surface area (Å²) in [6, 6.07) is -0.554. The van der Waals surface area contributed by atoms with Crippen LogP contribution in [0.25, 0.3) is 0 Å². The van der Waals surface area contributed by atoms with Crippen molar-refractivity contribution in [1.29, 1.82) is 0 Å². The molecule has 3 N–H and O–H groups in total. The zero-order valence-electron chi connectivity index (χ0n) is 46.6. The first kappa shape index (κ1) is 67.3. The van der Waals surface area contributed by atoms with Crippen LogP contribution in [0.4, 0.5) is 0 Å². The summed E-state index contributed by atoms with van der Waals surface area (Å²) in [5.74, 6) is -0.0594. The highest BCUT2D eigenvalue weighted by Crippen LogP contribution is 2.18. The van der Waals surface area contributed by atoms with E-state index in [0.717, 1.165) is 83.5 Å². The van der Waals surface area contributed by atoms with E-state index in [1.165, 1.54) is 225 Å². The Morgan fingerprint density at radius 3 is 1.10 bits per heavy atom. The molecular formula is C63H121NO5. The van der Waals surface area contributed by atoms with Gasteiger partial charge in [-0.25, -0.2) is 0 Å². The Bertz CT molecular complexity index is 1080. The maximum absolute atomic E-state index is 12.5. The van der Waals surface area contributed by atoms with Gasteiger partial charge in [-0.3, -0.25) is 9.59 Å². The van der Waals surface area contributed by atoms with Gasteiger partial charge >= 0.3 is 5.97 Å². The van der Waals surface area contributed by atoms with Gasteiger partial charge in [0.15, 0.2) is 0 Å². The van der Waals surface area contributed by atoms with Crippen molar-refractivity contribution in [2.45, 2.75) is 353 Å². The van der Waals surface area contributed by atoms with Gasteiger partial charge in [-0.15, -0.1) is 0 Å². The van der Waals surface area contributed by atoms with Gasteiger partial charge in [0, 0.05) is 12.8 Å². The second-order valence-electron chi connectivity index (χ2n) is 21.4. The van der Waals surface area contributed by atoms with Crippen molar-refractivity contribution in [2.24, 2.45) is 0 Å². The summed E-state index contributed by atoms with van der Waals surface area (Å²) in [4.78, 5) is 24.6. The number of esters is 1. The maximum Gasteiger partial charge on any atom is 0.305 e. The summed E-state index contributed by atoms with van der Waals surface area (Å²) in [6.45, 7) is 4.94. The number of aliphatic hydroxyl groups excluding tert-OH is 2. The summed E-state index contributed by atoms with van der Waals surface area (Å²) in [6.07, 6.45) is 71.8. The number of carbonyl (C=O) groups excluding carboxylic acids is 2. The highest BCUT2D eigenvalue weighted by molar-refractivity contribution is 5.76. The van der Waals surface area contributed by atoms with Crippen LogP contribution in [0, 0.1) is 0 Å². The third-order valence-corrected chi connectivity index (χ3v) is 14.5. The maximum atomic E-state index is 12.5. The van der Waals surface area contributed by atoms with Gasteiger partial charge in [-0.2, -0.15) is 0 Å². The van der Waals surface area contributed by atoms with E-state index in [1.54, 1.807) is 0 Å². The Morgan fingerprint density at radius 2 is 0.725 bits per heavy atom. The molecule has 0 aromatic heterocycles. The van der Waals surface area contributed by atoms with Crippen molar-refractivity contribution in [1.82, 2.24) is 5.32 Å². The van der Waals surface area contributed by atoms with E-state index >= 15 is 0 Å². The molecule has 0 heterocycles. The molecule has 0 radical (unpaired) electrons. The average molecular weight is 973 g/mol. The third-order valence-electron chi connectivity index (χ3n) is 14.5. The Labute approximate surface area is 431 Å². The van der Waals surface area contributed by atoms with E-state index in [-0.39, 0.29) is 18.5 Å². The number of nitrogens with one attached hydrogen (secondary N) is 1. The lowest BCUT2D eigenvalue weighted by Crippen LogP contribution is -2.45. The Morgan fingerprint density at radius 1 is 0.406 bits per heavy atom. The molecule has 0 bridgehead atoms. The molecule has 1 amide bonds. The van der Waals surface area contributed by atoms with Gasteiger partial charge in [0.1, 0.15) is 0 Å². The second kappa shape index (κ2) is 58.9. The summed E-state index contributed by atoms with van der Waals surface area (Å²) < 4.78 is 5.47. The van der Waals surface area contributed by atoms with Gasteiger partial charge < -0.3 is 20.3 Å². The minimum absolute atomic E-state index is 0.0113. The molecule has 0 saturated heterocycles. The van der Waals surface area contributed by atoms with Crippen molar-refractivity contribution in [3.8, 4) is 0 Å². The van der Waals surface area contributed by atoms with Crippen molar-refractivity contribution in [3.63, 3.8) is 0 Å². The lowest BCUT2D eigenvalue weighted by Gasteiger charge is -2.22. The van der Waals surface area contributed by atoms with Crippen molar-refractivity contribution >= 4 is 11.9 Å². The zero-order valence-corrected chi connectivity index (χ0v) is 46.6. The summed E-state index contributed by atoms with van der Waals surface area (Å²) in [5.41, 5.74) is 0. The third kappa shape index (κ3) is 55.5. The number of ether oxygens (including phenoxy) is 1. The smallest absolute Gasteiger partial charge is 0.305 e. The zero-order chi connectivity index (χ0) is 50.0. The molecule has 0 aliphatic rings. The van der Waals surface area contributed by atoms with E-state index < -0.39 is 12.1 Å². The van der Waals surface area contributed by atoms with Crippen LogP contribution in [-0.4, -0.2) is 47.4 Å². The molecule has 0 aromatic rings. The minimum Gasteiger partial charge on any atom is -0.466 e. The molecule has 0 aromatic carbocycles. The standard InChI is InChI=1S/C63H121NO5/c1-3-5-7-9-11-13-15-17-19-21-22-24-27-31-35-39-43-47-51-55-61(66)60(59-65)64-62(67)56-52-48-44-40-36-32-28-25-23-26-30-34-38-42-46-50-54-58-69-63(68)57-53-49-45-41-37-33-29-20-18-16-14-12-10-8-6-4-2/h23,26,34,38,60-61,65-66H,3-22,24-25,27-33,35-37,39-59H2,1-2H3,(H,64,67)/b26-23-,38-34-. The first-order valence-electron chi connectivity index (χ1n) is 31.1. The first-order chi connectivity index (χ1) is 34.0. The number of carbonyl (C=O) groups is 2. The molecule has 0 aliphatic carbocycles. The van der Waals surface area contributed by atoms with E-state index in [2.05, 4.69) is 43.5 Å². The highest BCUT2D eigenvalue weighted by atomic mass is 16.5. The van der Waals surface area contributed by atoms with E-state index in [1.807, 2.05) is 0 Å². The molecule has 0 spiro atoms. The predicted octanol–water partition coefficient (Wildman–Crippen LogP) is 19.4. The SMILES string of the molecule is CCCCCCCCCCCCCCCCCCCCCC(O)C(CO)NC(=O)CCCCCCCCC/C=C\C/C=C\CCCCCOC(=O)CCCCCCCCCCCCCCCCCC. The lowest BCUT2D eigenvalue weighted by molar-refractivity contribution is -0.143. The monoisotopic (exact) mass is 972 g/mol. The molecule has 0 rings (SSSR count). The molecule has 0 saturated carbocycles. The second-order valence-corrected chi connectivity index (χ2v) is 21.4. The quantitative estimate of drug-likeness (QED) is 0.0321. The summed E-state index contributed by atoms with van der Waals surface area (Å²) >= 11 is 0. The summed E-state index contributed by atoms with van der Waals surface area (Å²) in [7, 11) is 0. The largest absolute Gasteiger partial charge is 0.466 e. The average Bonchev–Trinajstić information content (AvgIpc) is 3.35. The molecule has 69 heavy (non-hydrogen) atoms. The van der Waals surface area contributed by atoms with Crippen LogP contribution in [0.3, 0.4) is 0 Å². The number of rotatable bonds is 58. The van der Waals surface area contributed by atoms with Crippen molar-refractivity contribution < 1.29 is 24.5 Å². The van der Waals surface area contributed by atoms with Gasteiger partial charge in [0.05, 0.1) is 25.4 Å². The molecule has 0 aliphatic heterocycles. The Kier molecular flexibility index (Phi) is 57.5. The normalized spacial score (nSPS) is 12.7. The number of hydrogen-bond donors (Lipinski definition) is 3. The Hall–Kier alpha value is -1.66. The van der Waals surface area contributed by atoms with Crippen LogP contribution in [-0.2, 0) is 14.3 Å². The van der Waals surface area contributed by atoms with Crippen LogP contribution in [0.5, 0.6) is 0 Å². The molecular weight excluding hydrogens is 851 g/mol. The molecule has 2 atom stereocenters. The van der Waals surface area contributed by atoms with Gasteiger partial charge in [-0.1, -0.05) is 289 Å². The van der Waals surface area contributed by atoms with Crippen molar-refractivity contribution in [2.75, 3.05) is 13.2 Å². The predicted molar refractivity (Wildman–Crippen MR) is 301 cm³/mol. The topological polar surface area (TPSA) is 95.9 Å². The minimum atomic E-state index is -0.675. The Balaban J connectivity index is 3.48. The lowest BCUT2D eigenvalue weighted by atomic mass is 10.0. The van der Waals surface area contributed by atoms with E-state index in [0.29, 0.717) is 25.9 Å². The number of unbranched alkanes of at least 4 members (excludes halogenated alkanes) is 43. The van der Waals surface area contributed by atoms with E-state index in [4.69, 9.17) is 4.74 Å². The summed E-state index contributed by atoms with van der Waals surface area (Å²) in [5, 5.41) is 23.3. The van der Waals surface area contributed by atoms with Crippen LogP contribution in [0.2, 0.25) is 0 Å². The molecule has 0 fully saturated rings. The van der Waals surface area contributed by atoms with Crippen LogP contribution < -0.4 is 5.32 Å². The molecule has 6 nitrogen and oxygen atoms in total. The molecule has 408 valence electrons. The fraction of sp³-hybridized carbons (Fsp3) is 0.905. The van der Waals surface area contributed by atoms with Crippen LogP contribution >= 0.6 is 0 Å². The van der Waals surface area contributed by atoms with E-state index in [9.17, 15) is 19.8 Å². The number of aliphatic hydroxyl groups is 2. The van der Waals surface area contributed by atoms with Crippen LogP contribution in [0.1, 0.15) is 341 Å². The fourth-order valence-electron chi connectivity index (χ4n) is 9.73. The van der Waals surface area contributed by atoms with Gasteiger partial charge in [0.2, 0.25) is 5.91 Å². The molecule has 6 heteroatoms. The number of amides is 1. The number of hydrogen-bond acceptors (Lipinski definition) is 5. The fourth-order valence-corrected chi connectivity index (χ4v) is 9.73. The van der Waals surface area contributed by atoms with Crippen LogP contribution in [0.15, 0.2) is 24.3 Å².